The zero-order valence-corrected chi connectivity index (χ0v) is 13.2. The summed E-state index contributed by atoms with van der Waals surface area (Å²) < 4.78 is 0. The van der Waals surface area contributed by atoms with Gasteiger partial charge in [0.15, 0.2) is 0 Å². The molecule has 116 valence electrons. The second-order valence-corrected chi connectivity index (χ2v) is 6.64. The lowest BCUT2D eigenvalue weighted by molar-refractivity contribution is -0.120. The van der Waals surface area contributed by atoms with Crippen molar-refractivity contribution in [3.8, 4) is 0 Å². The van der Waals surface area contributed by atoms with Crippen molar-refractivity contribution in [3.63, 3.8) is 0 Å². The Kier molecular flexibility index (Phi) is 5.55. The molecule has 6 nitrogen and oxygen atoms in total. The molecule has 1 atom stereocenters. The number of carbonyl (C=O) groups excluding carboxylic acids is 2. The molecule has 1 saturated carbocycles. The maximum absolute atomic E-state index is 11.9. The van der Waals surface area contributed by atoms with Gasteiger partial charge < -0.3 is 16.0 Å². The number of carbonyl (C=O) groups is 2. The van der Waals surface area contributed by atoms with Crippen molar-refractivity contribution in [2.45, 2.75) is 32.7 Å². The molecular weight excluding hydrogens is 288 g/mol. The summed E-state index contributed by atoms with van der Waals surface area (Å²) in [6, 6.07) is -0.356. The Labute approximate surface area is 128 Å². The molecule has 1 aliphatic carbocycles. The van der Waals surface area contributed by atoms with Crippen LogP contribution in [0.5, 0.6) is 0 Å². The quantitative estimate of drug-likeness (QED) is 0.716. The van der Waals surface area contributed by atoms with E-state index in [4.69, 9.17) is 0 Å². The first-order valence-corrected chi connectivity index (χ1v) is 8.14. The van der Waals surface area contributed by atoms with Crippen LogP contribution in [-0.2, 0) is 4.79 Å². The summed E-state index contributed by atoms with van der Waals surface area (Å²) in [6.45, 7) is 4.66. The Morgan fingerprint density at radius 3 is 2.71 bits per heavy atom. The van der Waals surface area contributed by atoms with Gasteiger partial charge in [-0.15, -0.1) is 11.3 Å². The first-order chi connectivity index (χ1) is 10.1. The van der Waals surface area contributed by atoms with Crippen LogP contribution >= 0.6 is 11.3 Å². The first-order valence-electron chi connectivity index (χ1n) is 7.26. The molecule has 0 spiro atoms. The summed E-state index contributed by atoms with van der Waals surface area (Å²) in [6.07, 6.45) is 3.97. The average molecular weight is 310 g/mol. The van der Waals surface area contributed by atoms with Crippen LogP contribution in [-0.4, -0.2) is 30.0 Å². The summed E-state index contributed by atoms with van der Waals surface area (Å²) in [7, 11) is 0. The van der Waals surface area contributed by atoms with Crippen LogP contribution in [0.3, 0.4) is 0 Å². The van der Waals surface area contributed by atoms with E-state index in [1.807, 2.05) is 19.2 Å². The summed E-state index contributed by atoms with van der Waals surface area (Å²) in [5.41, 5.74) is 0. The lowest BCUT2D eigenvalue weighted by Gasteiger charge is -2.16. The highest BCUT2D eigenvalue weighted by molar-refractivity contribution is 7.09. The molecule has 21 heavy (non-hydrogen) atoms. The highest BCUT2D eigenvalue weighted by Gasteiger charge is 2.34. The molecule has 1 fully saturated rings. The van der Waals surface area contributed by atoms with Gasteiger partial charge in [0, 0.05) is 18.1 Å². The van der Waals surface area contributed by atoms with Crippen LogP contribution in [0.25, 0.3) is 0 Å². The van der Waals surface area contributed by atoms with E-state index < -0.39 is 0 Å². The number of nitrogens with zero attached hydrogens (tertiary/aromatic N) is 1. The molecule has 0 radical (unpaired) electrons. The minimum atomic E-state index is -0.318. The molecule has 1 aromatic rings. The standard InChI is InChI=1S/C14H22N4O2S/c1-9(2)7-16-11(19)8-17-14(20)18-12(10-3-4-10)13-15-5-6-21-13/h5-6,9-10,12H,3-4,7-8H2,1-2H3,(H,16,19)(H2,17,18,20)/t12-/m0/s1. The van der Waals surface area contributed by atoms with Crippen LogP contribution in [0.4, 0.5) is 4.79 Å². The maximum Gasteiger partial charge on any atom is 0.315 e. The van der Waals surface area contributed by atoms with Crippen LogP contribution in [0.15, 0.2) is 11.6 Å². The largest absolute Gasteiger partial charge is 0.354 e. The van der Waals surface area contributed by atoms with Gasteiger partial charge in [0.25, 0.3) is 0 Å². The van der Waals surface area contributed by atoms with E-state index in [9.17, 15) is 9.59 Å². The summed E-state index contributed by atoms with van der Waals surface area (Å²) in [5, 5.41) is 11.1. The third-order valence-electron chi connectivity index (χ3n) is 3.21. The number of hydrogen-bond donors (Lipinski definition) is 3. The Hall–Kier alpha value is -1.63. The number of aromatic nitrogens is 1. The molecule has 7 heteroatoms. The topological polar surface area (TPSA) is 83.1 Å². The van der Waals surface area contributed by atoms with E-state index in [1.165, 1.54) is 0 Å². The summed E-state index contributed by atoms with van der Waals surface area (Å²) in [4.78, 5) is 27.7. The van der Waals surface area contributed by atoms with Gasteiger partial charge in [-0.05, 0) is 24.7 Å². The normalized spacial score (nSPS) is 15.6. The highest BCUT2D eigenvalue weighted by Crippen LogP contribution is 2.41. The lowest BCUT2D eigenvalue weighted by Crippen LogP contribution is -2.44. The van der Waals surface area contributed by atoms with Crippen molar-refractivity contribution >= 4 is 23.3 Å². The van der Waals surface area contributed by atoms with Gasteiger partial charge in [-0.3, -0.25) is 4.79 Å². The van der Waals surface area contributed by atoms with Crippen LogP contribution in [0.2, 0.25) is 0 Å². The number of amides is 3. The zero-order chi connectivity index (χ0) is 15.2. The molecular formula is C14H22N4O2S. The van der Waals surface area contributed by atoms with Crippen LogP contribution < -0.4 is 16.0 Å². The fourth-order valence-electron chi connectivity index (χ4n) is 1.93. The smallest absolute Gasteiger partial charge is 0.315 e. The fourth-order valence-corrected chi connectivity index (χ4v) is 2.71. The molecule has 0 saturated heterocycles. The van der Waals surface area contributed by atoms with E-state index in [1.54, 1.807) is 17.5 Å². The lowest BCUT2D eigenvalue weighted by atomic mass is 10.2. The van der Waals surface area contributed by atoms with Gasteiger partial charge in [-0.2, -0.15) is 0 Å². The number of urea groups is 1. The minimum Gasteiger partial charge on any atom is -0.354 e. The van der Waals surface area contributed by atoms with E-state index in [2.05, 4.69) is 20.9 Å². The SMILES string of the molecule is CC(C)CNC(=O)CNC(=O)N[C@H](c1nccs1)C1CC1. The molecule has 2 rings (SSSR count). The van der Waals surface area contributed by atoms with Gasteiger partial charge in [-0.25, -0.2) is 9.78 Å². The first kappa shape index (κ1) is 15.8. The van der Waals surface area contributed by atoms with E-state index in [-0.39, 0.29) is 24.5 Å². The molecule has 0 aliphatic heterocycles. The zero-order valence-electron chi connectivity index (χ0n) is 12.4. The Morgan fingerprint density at radius 2 is 2.14 bits per heavy atom. The van der Waals surface area contributed by atoms with Gasteiger partial charge >= 0.3 is 6.03 Å². The molecule has 0 unspecified atom stereocenters. The summed E-state index contributed by atoms with van der Waals surface area (Å²) >= 11 is 1.54. The second-order valence-electron chi connectivity index (χ2n) is 5.71. The predicted octanol–water partition coefficient (Wildman–Crippen LogP) is 1.67. The number of thiazole rings is 1. The van der Waals surface area contributed by atoms with Crippen molar-refractivity contribution in [2.24, 2.45) is 11.8 Å². The monoisotopic (exact) mass is 310 g/mol. The predicted molar refractivity (Wildman–Crippen MR) is 82.0 cm³/mol. The molecule has 1 aromatic heterocycles. The minimum absolute atomic E-state index is 0.00614. The molecule has 0 aromatic carbocycles. The Morgan fingerprint density at radius 1 is 1.38 bits per heavy atom. The second kappa shape index (κ2) is 7.40. The summed E-state index contributed by atoms with van der Waals surface area (Å²) in [5.74, 6) is 0.694. The van der Waals surface area contributed by atoms with Gasteiger partial charge in [0.05, 0.1) is 12.6 Å². The van der Waals surface area contributed by atoms with Crippen molar-refractivity contribution in [1.29, 1.82) is 0 Å². The van der Waals surface area contributed by atoms with Crippen molar-refractivity contribution in [3.05, 3.63) is 16.6 Å². The van der Waals surface area contributed by atoms with Gasteiger partial charge in [-0.1, -0.05) is 13.8 Å². The molecule has 3 amide bonds. The van der Waals surface area contributed by atoms with Gasteiger partial charge in [0.2, 0.25) is 5.91 Å². The van der Waals surface area contributed by atoms with Crippen molar-refractivity contribution < 1.29 is 9.59 Å². The Bertz CT molecular complexity index is 471. The van der Waals surface area contributed by atoms with Crippen molar-refractivity contribution in [2.75, 3.05) is 13.1 Å². The number of rotatable bonds is 7. The molecule has 1 heterocycles. The fraction of sp³-hybridized carbons (Fsp3) is 0.643. The molecule has 1 aliphatic rings. The Balaban J connectivity index is 1.74. The van der Waals surface area contributed by atoms with Gasteiger partial charge in [0.1, 0.15) is 5.01 Å². The van der Waals surface area contributed by atoms with Crippen LogP contribution in [0, 0.1) is 11.8 Å². The van der Waals surface area contributed by atoms with E-state index in [0.717, 1.165) is 17.8 Å². The average Bonchev–Trinajstić information content (AvgIpc) is 3.14. The van der Waals surface area contributed by atoms with Crippen LogP contribution in [0.1, 0.15) is 37.7 Å². The third kappa shape index (κ3) is 5.34. The van der Waals surface area contributed by atoms with E-state index >= 15 is 0 Å². The molecule has 3 N–H and O–H groups in total. The third-order valence-corrected chi connectivity index (χ3v) is 4.07. The molecule has 0 bridgehead atoms. The number of hydrogen-bond acceptors (Lipinski definition) is 4. The highest BCUT2D eigenvalue weighted by atomic mass is 32.1. The maximum atomic E-state index is 11.9. The number of nitrogens with one attached hydrogen (secondary N) is 3. The van der Waals surface area contributed by atoms with Crippen molar-refractivity contribution in [1.82, 2.24) is 20.9 Å². The van der Waals surface area contributed by atoms with E-state index in [0.29, 0.717) is 18.4 Å².